The first-order chi connectivity index (χ1) is 46.7. The Morgan fingerprint density at radius 2 is 1.44 bits per heavy atom. The van der Waals surface area contributed by atoms with Crippen LogP contribution in [0.3, 0.4) is 0 Å². The van der Waals surface area contributed by atoms with Gasteiger partial charge in [-0.15, -0.1) is 0 Å². The van der Waals surface area contributed by atoms with Crippen LogP contribution in [0.15, 0.2) is 54.7 Å². The Bertz CT molecular complexity index is 3170. The molecule has 2 aromatic carbocycles. The summed E-state index contributed by atoms with van der Waals surface area (Å²) in [6.45, 7) is 11.9. The molecule has 0 radical (unpaired) electrons. The average Bonchev–Trinajstić information content (AvgIpc) is 1.69. The van der Waals surface area contributed by atoms with Gasteiger partial charge in [0.25, 0.3) is 18.9 Å². The minimum atomic E-state index is -1.68. The monoisotopic (exact) mass is 1350 g/mol. The van der Waals surface area contributed by atoms with Crippen molar-refractivity contribution in [2.24, 2.45) is 5.92 Å². The number of ketones is 1. The molecule has 4 fully saturated rings. The van der Waals surface area contributed by atoms with E-state index in [9.17, 15) is 62.7 Å². The molecule has 4 aliphatic rings. The number of rotatable bonds is 37. The van der Waals surface area contributed by atoms with Gasteiger partial charge in [-0.25, -0.2) is 4.39 Å². The van der Waals surface area contributed by atoms with E-state index in [0.717, 1.165) is 50.0 Å². The maximum atomic E-state index is 14.6. The van der Waals surface area contributed by atoms with Gasteiger partial charge in [0.2, 0.25) is 29.5 Å². The zero-order valence-electron chi connectivity index (χ0n) is 56.5. The maximum Gasteiger partial charge on any atom is 0.317 e. The van der Waals surface area contributed by atoms with Crippen LogP contribution in [0.1, 0.15) is 112 Å². The number of Topliss-reactive ketones (excluding diaryl/α,β-unsaturated/α-hetero) is 1. The molecule has 5 heterocycles. The van der Waals surface area contributed by atoms with E-state index in [0.29, 0.717) is 147 Å². The molecule has 0 saturated carbocycles. The van der Waals surface area contributed by atoms with E-state index in [-0.39, 0.29) is 94.0 Å². The number of nitriles is 1. The van der Waals surface area contributed by atoms with Crippen LogP contribution in [0.5, 0.6) is 5.75 Å². The molecular formula is C69H98FN13O14. The predicted octanol–water partition coefficient (Wildman–Crippen LogP) is 2.77. The fourth-order valence-electron chi connectivity index (χ4n) is 12.8. The van der Waals surface area contributed by atoms with E-state index in [1.165, 1.54) is 29.1 Å². The van der Waals surface area contributed by atoms with Crippen LogP contribution in [0, 0.1) is 24.2 Å². The van der Waals surface area contributed by atoms with Crippen molar-refractivity contribution in [3.05, 3.63) is 71.4 Å². The number of carbonyl (C=O) groups is 10. The summed E-state index contributed by atoms with van der Waals surface area (Å²) in [6.07, 6.45) is 8.09. The lowest BCUT2D eigenvalue weighted by molar-refractivity contribution is -0.143. The molecule has 0 bridgehead atoms. The number of carboxylic acids is 1. The zero-order valence-corrected chi connectivity index (χ0v) is 56.5. The molecular weight excluding hydrogens is 1250 g/mol. The summed E-state index contributed by atoms with van der Waals surface area (Å²) in [5, 5.41) is 28.8. The Labute approximate surface area is 567 Å². The minimum Gasteiger partial charge on any atom is -0.494 e. The molecule has 1 aromatic heterocycles. The van der Waals surface area contributed by atoms with E-state index in [4.69, 9.17) is 14.2 Å². The number of aliphatic carboxylic acids is 1. The third-order valence-corrected chi connectivity index (χ3v) is 18.4. The molecule has 27 nitrogen and oxygen atoms in total. The molecule has 0 spiro atoms. The number of ether oxygens (including phenoxy) is 3. The van der Waals surface area contributed by atoms with Crippen molar-refractivity contribution >= 4 is 71.0 Å². The number of carboxylic acid groups (broad SMARTS) is 1. The number of benzene rings is 2. The third-order valence-electron chi connectivity index (χ3n) is 18.4. The lowest BCUT2D eigenvalue weighted by Crippen LogP contribution is -2.52. The van der Waals surface area contributed by atoms with Gasteiger partial charge in [0.05, 0.1) is 68.3 Å². The van der Waals surface area contributed by atoms with E-state index >= 15 is 0 Å². The van der Waals surface area contributed by atoms with Crippen molar-refractivity contribution in [2.45, 2.75) is 128 Å². The molecule has 7 rings (SSSR count). The number of nitrogens with zero attached hydrogens (tertiary/aromatic N) is 10. The van der Waals surface area contributed by atoms with Crippen LogP contribution >= 0.6 is 0 Å². The van der Waals surface area contributed by atoms with Gasteiger partial charge in [-0.05, 0) is 95.2 Å². The van der Waals surface area contributed by atoms with Gasteiger partial charge in [-0.1, -0.05) is 49.6 Å². The van der Waals surface area contributed by atoms with E-state index in [1.54, 1.807) is 41.0 Å². The second kappa shape index (κ2) is 39.4. The van der Waals surface area contributed by atoms with Crippen LogP contribution in [-0.4, -0.2) is 278 Å². The Kier molecular flexibility index (Phi) is 31.0. The van der Waals surface area contributed by atoms with Crippen LogP contribution in [-0.2, 0) is 59.0 Å². The third kappa shape index (κ3) is 25.4. The molecule has 4 unspecified atom stereocenters. The van der Waals surface area contributed by atoms with E-state index in [2.05, 4.69) is 50.1 Å². The molecule has 97 heavy (non-hydrogen) atoms. The van der Waals surface area contributed by atoms with Crippen LogP contribution in [0.4, 0.5) is 4.39 Å². The summed E-state index contributed by atoms with van der Waals surface area (Å²) in [4.78, 5) is 147. The van der Waals surface area contributed by atoms with E-state index in [1.807, 2.05) is 27.7 Å². The van der Waals surface area contributed by atoms with Gasteiger partial charge in [0.15, 0.2) is 0 Å². The quantitative estimate of drug-likeness (QED) is 0.0366. The summed E-state index contributed by atoms with van der Waals surface area (Å²) >= 11 is 0. The number of piperazine rings is 1. The number of pyridine rings is 1. The Hall–Kier alpha value is -8.07. The second-order valence-electron chi connectivity index (χ2n) is 26.2. The highest BCUT2D eigenvalue weighted by atomic mass is 19.1. The second-order valence-corrected chi connectivity index (χ2v) is 26.2. The van der Waals surface area contributed by atoms with Crippen molar-refractivity contribution < 1.29 is 71.7 Å². The number of nitrogens with one attached hydrogen (secondary N) is 3. The highest BCUT2D eigenvalue weighted by Gasteiger charge is 2.44. The molecule has 28 heteroatoms. The number of hydrogen-bond acceptors (Lipinski definition) is 21. The summed E-state index contributed by atoms with van der Waals surface area (Å²) in [5.74, 6) is -3.25. The number of carbonyl (C=O) groups excluding carboxylic acids is 9. The zero-order chi connectivity index (χ0) is 69.7. The lowest BCUT2D eigenvalue weighted by atomic mass is 10.00. The van der Waals surface area contributed by atoms with Crippen LogP contribution in [0.25, 0.3) is 10.9 Å². The number of alkyl halides is 1. The normalized spacial score (nSPS) is 20.3. The molecule has 4 N–H and O–H groups in total. The van der Waals surface area contributed by atoms with Crippen molar-refractivity contribution in [2.75, 3.05) is 144 Å². The highest BCUT2D eigenvalue weighted by molar-refractivity contribution is 6.07. The summed E-state index contributed by atoms with van der Waals surface area (Å²) < 4.78 is 30.8. The molecule has 530 valence electrons. The maximum absolute atomic E-state index is 14.6. The van der Waals surface area contributed by atoms with Crippen molar-refractivity contribution in [1.29, 1.82) is 5.26 Å². The SMILES string of the molecule is Cc1ccc(CCCC(=O)NCCCCCC(CCC(=O)CN2CCN(COC=O)CCN(COC=O)CCN(CC(=O)O)CC2)NC2CC(=O)N(CC(C)C(=O)N3CCN(CCCCOc4ccc5nccc(C(=O)NCC(=O)N6CC(C)(F)C[C@@H]6C#N)c5c4)CC3)C2=O)cc1. The van der Waals surface area contributed by atoms with Gasteiger partial charge in [0, 0.05) is 129 Å². The Morgan fingerprint density at radius 3 is 2.10 bits per heavy atom. The van der Waals surface area contributed by atoms with Crippen LogP contribution < -0.4 is 20.7 Å². The standard InChI is InChI=1S/C69H98FN13O14/c1-51-13-15-53(16-14-51)10-9-12-62(87)73-22-6-4-5-11-54(17-18-56(86)44-77-25-26-78(45-65(90)91)28-30-80(48-96-50-85)32-31-79(29-27-77)47-95-49-84)75-61-39-63(88)82(68(61)94)43-52(2)67(93)81-35-33-76(34-36-81)24-7-8-37-97-57-19-20-60-59(38-57)58(21-23-72-60)66(92)74-42-64(89)83-46-69(3,70)40-55(83)41-71/h13-16,19-21,23,38,49-50,52,54-55,61,75H,4-12,17-18,22,24-37,39-40,42-48H2,1-3H3,(H,73,87)(H,74,92)(H,90,91)/t52?,54?,55-,61?,69?/m1/s1. The van der Waals surface area contributed by atoms with Gasteiger partial charge in [-0.3, -0.25) is 82.3 Å². The summed E-state index contributed by atoms with van der Waals surface area (Å²) in [5.41, 5.74) is 1.52. The number of hydrogen-bond donors (Lipinski definition) is 4. The molecule has 0 aliphatic carbocycles. The van der Waals surface area contributed by atoms with Gasteiger partial charge >= 0.3 is 5.97 Å². The average molecular weight is 1350 g/mol. The molecule has 4 saturated heterocycles. The Balaban J connectivity index is 0.866. The number of imide groups is 1. The fraction of sp³-hybridized carbons (Fsp3) is 0.623. The van der Waals surface area contributed by atoms with Crippen molar-refractivity contribution in [1.82, 2.24) is 60.1 Å². The summed E-state index contributed by atoms with van der Waals surface area (Å²) in [7, 11) is 0. The number of aryl methyl sites for hydroxylation is 2. The number of halogens is 1. The highest BCUT2D eigenvalue weighted by Crippen LogP contribution is 2.30. The number of amides is 6. The molecule has 6 amide bonds. The van der Waals surface area contributed by atoms with Crippen LogP contribution in [0.2, 0.25) is 0 Å². The smallest absolute Gasteiger partial charge is 0.317 e. The van der Waals surface area contributed by atoms with Crippen molar-refractivity contribution in [3.63, 3.8) is 0 Å². The molecule has 5 atom stereocenters. The lowest BCUT2D eigenvalue weighted by Gasteiger charge is -2.36. The first-order valence-electron chi connectivity index (χ1n) is 34.1. The van der Waals surface area contributed by atoms with Gasteiger partial charge in [-0.2, -0.15) is 5.26 Å². The fourth-order valence-corrected chi connectivity index (χ4v) is 12.8. The molecule has 3 aromatic rings. The number of aromatic nitrogens is 1. The first kappa shape index (κ1) is 76.3. The Morgan fingerprint density at radius 1 is 0.784 bits per heavy atom. The molecule has 4 aliphatic heterocycles. The topological polar surface area (TPSA) is 317 Å². The summed E-state index contributed by atoms with van der Waals surface area (Å²) in [6, 6.07) is 14.9. The van der Waals surface area contributed by atoms with Gasteiger partial charge in [0.1, 0.15) is 36.7 Å². The largest absolute Gasteiger partial charge is 0.494 e. The predicted molar refractivity (Wildman–Crippen MR) is 356 cm³/mol. The van der Waals surface area contributed by atoms with E-state index < -0.39 is 53.9 Å². The minimum absolute atomic E-state index is 0.000964. The number of likely N-dealkylation sites (tertiary alicyclic amines) is 2. The number of fused-ring (bicyclic) bond motifs is 1. The van der Waals surface area contributed by atoms with Gasteiger partial charge < -0.3 is 45.1 Å². The van der Waals surface area contributed by atoms with Crippen molar-refractivity contribution in [3.8, 4) is 11.8 Å². The first-order valence-corrected chi connectivity index (χ1v) is 34.1. The number of unbranched alkanes of at least 4 members (excludes halogenated alkanes) is 3.